The number of carbonyl (C=O) groups excluding carboxylic acids is 2. The van der Waals surface area contributed by atoms with Crippen LogP contribution in [0, 0.1) is 18.8 Å². The average Bonchev–Trinajstić information content (AvgIpc) is 3.49. The smallest absolute Gasteiger partial charge is 0.252 e. The number of nitrogens with one attached hydrogen (secondary N) is 2. The van der Waals surface area contributed by atoms with E-state index in [-0.39, 0.29) is 24.3 Å². The molecule has 0 unspecified atom stereocenters. The van der Waals surface area contributed by atoms with Crippen molar-refractivity contribution >= 4 is 44.5 Å². The summed E-state index contributed by atoms with van der Waals surface area (Å²) in [7, 11) is -3.58. The molecule has 1 aromatic carbocycles. The highest BCUT2D eigenvalue weighted by Gasteiger charge is 2.34. The van der Waals surface area contributed by atoms with Crippen LogP contribution >= 0.6 is 11.3 Å². The van der Waals surface area contributed by atoms with Gasteiger partial charge in [0.15, 0.2) is 0 Å². The van der Waals surface area contributed by atoms with Gasteiger partial charge in [0.1, 0.15) is 4.21 Å². The van der Waals surface area contributed by atoms with Gasteiger partial charge in [0.2, 0.25) is 11.8 Å². The van der Waals surface area contributed by atoms with Crippen molar-refractivity contribution in [2.24, 2.45) is 11.8 Å². The lowest BCUT2D eigenvalue weighted by atomic mass is 9.98. The molecular weight excluding hydrogens is 422 g/mol. The number of thiophene rings is 1. The molecule has 1 aromatic heterocycles. The quantitative estimate of drug-likeness (QED) is 0.709. The molecule has 0 bridgehead atoms. The lowest BCUT2D eigenvalue weighted by molar-refractivity contribution is -0.121. The number of piperidine rings is 1. The van der Waals surface area contributed by atoms with E-state index in [2.05, 4.69) is 10.6 Å². The molecule has 4 rings (SSSR count). The normalized spacial score (nSPS) is 20.0. The predicted molar refractivity (Wildman–Crippen MR) is 117 cm³/mol. The van der Waals surface area contributed by atoms with E-state index < -0.39 is 15.9 Å². The van der Waals surface area contributed by atoms with Gasteiger partial charge in [-0.15, -0.1) is 11.3 Å². The van der Waals surface area contributed by atoms with Crippen LogP contribution in [0.15, 0.2) is 40.6 Å². The van der Waals surface area contributed by atoms with Gasteiger partial charge in [-0.3, -0.25) is 9.59 Å². The molecule has 1 atom stereocenters. The molecule has 9 heteroatoms. The van der Waals surface area contributed by atoms with E-state index in [0.29, 0.717) is 35.0 Å². The Morgan fingerprint density at radius 2 is 1.67 bits per heavy atom. The van der Waals surface area contributed by atoms with Crippen LogP contribution in [0.25, 0.3) is 0 Å². The summed E-state index contributed by atoms with van der Waals surface area (Å²) in [6, 6.07) is 10.5. The van der Waals surface area contributed by atoms with E-state index in [4.69, 9.17) is 0 Å². The van der Waals surface area contributed by atoms with Crippen LogP contribution in [-0.2, 0) is 19.6 Å². The molecule has 1 saturated carbocycles. The molecule has 2 fully saturated rings. The Hall–Kier alpha value is -2.23. The third kappa shape index (κ3) is 4.74. The van der Waals surface area contributed by atoms with Gasteiger partial charge in [-0.2, -0.15) is 4.31 Å². The van der Waals surface area contributed by atoms with Crippen molar-refractivity contribution < 1.29 is 18.0 Å². The van der Waals surface area contributed by atoms with Gasteiger partial charge in [0.05, 0.1) is 5.92 Å². The first-order chi connectivity index (χ1) is 14.3. The number of anilines is 2. The summed E-state index contributed by atoms with van der Waals surface area (Å²) in [5, 5.41) is 5.74. The van der Waals surface area contributed by atoms with Gasteiger partial charge >= 0.3 is 0 Å². The Bertz CT molecular complexity index is 1060. The van der Waals surface area contributed by atoms with Crippen molar-refractivity contribution in [3.05, 3.63) is 41.3 Å². The molecule has 1 aliphatic carbocycles. The number of aryl methyl sites for hydroxylation is 1. The molecule has 0 spiro atoms. The molecule has 2 aromatic rings. The van der Waals surface area contributed by atoms with E-state index in [9.17, 15) is 18.0 Å². The monoisotopic (exact) mass is 447 g/mol. The maximum atomic E-state index is 12.9. The van der Waals surface area contributed by atoms with Gasteiger partial charge in [-0.05, 0) is 62.9 Å². The second-order valence-corrected chi connectivity index (χ2v) is 11.4. The SMILES string of the molecule is Cc1ccc(S(=O)(=O)N2CCC[C@@H](C(=O)Nc3cccc(NC(=O)C4CC4)c3)C2)s1. The third-order valence-corrected chi connectivity index (χ3v) is 8.74. The molecule has 1 saturated heterocycles. The van der Waals surface area contributed by atoms with Crippen LogP contribution in [0.5, 0.6) is 0 Å². The molecule has 160 valence electrons. The number of benzene rings is 1. The zero-order valence-electron chi connectivity index (χ0n) is 16.8. The highest BCUT2D eigenvalue weighted by atomic mass is 32.2. The Labute approximate surface area is 180 Å². The topological polar surface area (TPSA) is 95.6 Å². The number of amides is 2. The summed E-state index contributed by atoms with van der Waals surface area (Å²) in [6.45, 7) is 2.46. The number of carbonyl (C=O) groups is 2. The van der Waals surface area contributed by atoms with Crippen molar-refractivity contribution in [3.63, 3.8) is 0 Å². The van der Waals surface area contributed by atoms with Crippen LogP contribution in [0.4, 0.5) is 11.4 Å². The van der Waals surface area contributed by atoms with Gasteiger partial charge < -0.3 is 10.6 Å². The van der Waals surface area contributed by atoms with Crippen LogP contribution in [-0.4, -0.2) is 37.6 Å². The fourth-order valence-electron chi connectivity index (χ4n) is 3.56. The molecule has 2 aliphatic rings. The summed E-state index contributed by atoms with van der Waals surface area (Å²) in [6.07, 6.45) is 3.13. The zero-order valence-corrected chi connectivity index (χ0v) is 18.4. The molecule has 2 amide bonds. The minimum Gasteiger partial charge on any atom is -0.326 e. The first-order valence-electron chi connectivity index (χ1n) is 10.1. The fourth-order valence-corrected chi connectivity index (χ4v) is 6.52. The first kappa shape index (κ1) is 21.0. The molecule has 2 N–H and O–H groups in total. The van der Waals surface area contributed by atoms with Gasteiger partial charge in [-0.25, -0.2) is 8.42 Å². The summed E-state index contributed by atoms with van der Waals surface area (Å²) in [5.41, 5.74) is 1.23. The molecular formula is C21H25N3O4S2. The molecule has 7 nitrogen and oxygen atoms in total. The number of rotatable bonds is 6. The summed E-state index contributed by atoms with van der Waals surface area (Å²) < 4.78 is 27.5. The molecule has 2 heterocycles. The van der Waals surface area contributed by atoms with Crippen LogP contribution < -0.4 is 10.6 Å². The second-order valence-electron chi connectivity index (χ2n) is 7.90. The highest BCUT2D eigenvalue weighted by molar-refractivity contribution is 7.91. The number of sulfonamides is 1. The third-order valence-electron chi connectivity index (χ3n) is 5.41. The van der Waals surface area contributed by atoms with Crippen molar-refractivity contribution in [1.82, 2.24) is 4.31 Å². The molecule has 0 radical (unpaired) electrons. The highest BCUT2D eigenvalue weighted by Crippen LogP contribution is 2.31. The van der Waals surface area contributed by atoms with Gasteiger partial charge in [-0.1, -0.05) is 6.07 Å². The standard InChI is InChI=1S/C21H25N3O4S2/c1-14-7-10-19(29-14)30(27,28)24-11-3-4-16(13-24)21(26)23-18-6-2-5-17(12-18)22-20(25)15-8-9-15/h2,5-7,10,12,15-16H,3-4,8-9,11,13H2,1H3,(H,22,25)(H,23,26)/t16-/m1/s1. The minimum atomic E-state index is -3.58. The Kier molecular flexibility index (Phi) is 5.95. The first-order valence-corrected chi connectivity index (χ1v) is 12.4. The number of hydrogen-bond acceptors (Lipinski definition) is 5. The maximum Gasteiger partial charge on any atom is 0.252 e. The van der Waals surface area contributed by atoms with E-state index >= 15 is 0 Å². The zero-order chi connectivity index (χ0) is 21.3. The summed E-state index contributed by atoms with van der Waals surface area (Å²) >= 11 is 1.25. The van der Waals surface area contributed by atoms with E-state index in [1.165, 1.54) is 15.6 Å². The lowest BCUT2D eigenvalue weighted by Gasteiger charge is -2.30. The van der Waals surface area contributed by atoms with Gasteiger partial charge in [0.25, 0.3) is 10.0 Å². The molecule has 1 aliphatic heterocycles. The minimum absolute atomic E-state index is 0.00965. The summed E-state index contributed by atoms with van der Waals surface area (Å²) in [5.74, 6) is -0.511. The lowest BCUT2D eigenvalue weighted by Crippen LogP contribution is -2.43. The van der Waals surface area contributed by atoms with E-state index in [1.807, 2.05) is 6.92 Å². The fraction of sp³-hybridized carbons (Fsp3) is 0.429. The predicted octanol–water partition coefficient (Wildman–Crippen LogP) is 3.44. The van der Waals surface area contributed by atoms with Crippen LogP contribution in [0.1, 0.15) is 30.6 Å². The Balaban J connectivity index is 1.40. The Morgan fingerprint density at radius 3 is 2.27 bits per heavy atom. The maximum absolute atomic E-state index is 12.9. The van der Waals surface area contributed by atoms with Gasteiger partial charge in [0, 0.05) is 35.3 Å². The van der Waals surface area contributed by atoms with Crippen molar-refractivity contribution in [2.75, 3.05) is 23.7 Å². The number of nitrogens with zero attached hydrogens (tertiary/aromatic N) is 1. The average molecular weight is 448 g/mol. The van der Waals surface area contributed by atoms with Crippen LogP contribution in [0.2, 0.25) is 0 Å². The van der Waals surface area contributed by atoms with Crippen molar-refractivity contribution in [2.45, 2.75) is 36.8 Å². The largest absolute Gasteiger partial charge is 0.326 e. The Morgan fingerprint density at radius 1 is 1.00 bits per heavy atom. The van der Waals surface area contributed by atoms with Crippen LogP contribution in [0.3, 0.4) is 0 Å². The van der Waals surface area contributed by atoms with Crippen molar-refractivity contribution in [3.8, 4) is 0 Å². The molecule has 30 heavy (non-hydrogen) atoms. The summed E-state index contributed by atoms with van der Waals surface area (Å²) in [4.78, 5) is 25.7. The number of hydrogen-bond donors (Lipinski definition) is 2. The second kappa shape index (κ2) is 8.49. The van der Waals surface area contributed by atoms with Crippen molar-refractivity contribution in [1.29, 1.82) is 0 Å². The van der Waals surface area contributed by atoms with E-state index in [1.54, 1.807) is 36.4 Å². The van der Waals surface area contributed by atoms with E-state index in [0.717, 1.165) is 17.7 Å².